The third-order valence-electron chi connectivity index (χ3n) is 3.83. The number of hydrogen-bond donors (Lipinski definition) is 1. The molecule has 2 aromatic rings. The van der Waals surface area contributed by atoms with Crippen LogP contribution in [0.3, 0.4) is 0 Å². The standard InChI is InChI=1S/C15H15F2N3O/c16-11-3-4-13(17)12(8-11)15(21)20-7-1-2-10(9-20)14-5-6-18-19-14/h3-6,8,10H,1-2,7,9H2,(H,18,19). The van der Waals surface area contributed by atoms with Crippen LogP contribution in [0.5, 0.6) is 0 Å². The lowest BCUT2D eigenvalue weighted by Crippen LogP contribution is -2.39. The van der Waals surface area contributed by atoms with Gasteiger partial charge in [-0.15, -0.1) is 0 Å². The second kappa shape index (κ2) is 5.63. The molecule has 3 rings (SSSR count). The van der Waals surface area contributed by atoms with E-state index >= 15 is 0 Å². The Morgan fingerprint density at radius 1 is 1.33 bits per heavy atom. The number of nitrogens with one attached hydrogen (secondary N) is 1. The molecule has 1 unspecified atom stereocenters. The van der Waals surface area contributed by atoms with Gasteiger partial charge in [0.2, 0.25) is 0 Å². The smallest absolute Gasteiger partial charge is 0.256 e. The van der Waals surface area contributed by atoms with Gasteiger partial charge in [-0.2, -0.15) is 5.10 Å². The molecule has 21 heavy (non-hydrogen) atoms. The Balaban J connectivity index is 1.79. The molecule has 1 N–H and O–H groups in total. The SMILES string of the molecule is O=C(c1cc(F)ccc1F)N1CCCC(c2ccn[nH]2)C1. The number of amides is 1. The lowest BCUT2D eigenvalue weighted by atomic mass is 9.94. The molecule has 6 heteroatoms. The van der Waals surface area contributed by atoms with Crippen molar-refractivity contribution < 1.29 is 13.6 Å². The number of carbonyl (C=O) groups is 1. The van der Waals surface area contributed by atoms with Crippen LogP contribution in [-0.4, -0.2) is 34.1 Å². The van der Waals surface area contributed by atoms with Gasteiger partial charge in [0.15, 0.2) is 0 Å². The molecule has 0 aliphatic carbocycles. The average Bonchev–Trinajstić information content (AvgIpc) is 3.03. The predicted octanol–water partition coefficient (Wildman–Crippen LogP) is 2.71. The maximum atomic E-state index is 13.7. The molecule has 1 aliphatic heterocycles. The van der Waals surface area contributed by atoms with Crippen molar-refractivity contribution in [2.24, 2.45) is 0 Å². The molecule has 1 atom stereocenters. The van der Waals surface area contributed by atoms with Crippen LogP contribution in [0.2, 0.25) is 0 Å². The minimum absolute atomic E-state index is 0.154. The highest BCUT2D eigenvalue weighted by Gasteiger charge is 2.27. The summed E-state index contributed by atoms with van der Waals surface area (Å²) in [5.41, 5.74) is 0.757. The number of benzene rings is 1. The highest BCUT2D eigenvalue weighted by atomic mass is 19.1. The fourth-order valence-corrected chi connectivity index (χ4v) is 2.74. The van der Waals surface area contributed by atoms with Gasteiger partial charge in [0.25, 0.3) is 5.91 Å². The molecule has 110 valence electrons. The monoisotopic (exact) mass is 291 g/mol. The highest BCUT2D eigenvalue weighted by Crippen LogP contribution is 2.26. The number of H-pyrrole nitrogens is 1. The topological polar surface area (TPSA) is 49.0 Å². The van der Waals surface area contributed by atoms with Gasteiger partial charge < -0.3 is 4.90 Å². The Morgan fingerprint density at radius 2 is 2.19 bits per heavy atom. The molecular weight excluding hydrogens is 276 g/mol. The van der Waals surface area contributed by atoms with Crippen LogP contribution < -0.4 is 0 Å². The zero-order valence-electron chi connectivity index (χ0n) is 11.4. The van der Waals surface area contributed by atoms with Crippen molar-refractivity contribution in [2.45, 2.75) is 18.8 Å². The summed E-state index contributed by atoms with van der Waals surface area (Å²) in [6, 6.07) is 4.83. The van der Waals surface area contributed by atoms with Crippen molar-refractivity contribution in [3.8, 4) is 0 Å². The fourth-order valence-electron chi connectivity index (χ4n) is 2.74. The lowest BCUT2D eigenvalue weighted by Gasteiger charge is -2.32. The summed E-state index contributed by atoms with van der Waals surface area (Å²) >= 11 is 0. The molecule has 1 saturated heterocycles. The molecule has 0 radical (unpaired) electrons. The third kappa shape index (κ3) is 2.79. The maximum Gasteiger partial charge on any atom is 0.256 e. The highest BCUT2D eigenvalue weighted by molar-refractivity contribution is 5.94. The quantitative estimate of drug-likeness (QED) is 0.925. The van der Waals surface area contributed by atoms with Crippen molar-refractivity contribution in [3.63, 3.8) is 0 Å². The average molecular weight is 291 g/mol. The van der Waals surface area contributed by atoms with Crippen molar-refractivity contribution in [2.75, 3.05) is 13.1 Å². The second-order valence-corrected chi connectivity index (χ2v) is 5.23. The van der Waals surface area contributed by atoms with Crippen LogP contribution in [0.1, 0.15) is 34.8 Å². The number of carbonyl (C=O) groups excluding carboxylic acids is 1. The molecule has 1 fully saturated rings. The van der Waals surface area contributed by atoms with E-state index in [0.29, 0.717) is 13.1 Å². The van der Waals surface area contributed by atoms with Gasteiger partial charge in [-0.3, -0.25) is 9.89 Å². The minimum atomic E-state index is -0.690. The first-order valence-electron chi connectivity index (χ1n) is 6.89. The summed E-state index contributed by atoms with van der Waals surface area (Å²) in [5.74, 6) is -1.61. The number of aromatic amines is 1. The van der Waals surface area contributed by atoms with E-state index in [0.717, 1.165) is 36.7 Å². The van der Waals surface area contributed by atoms with E-state index < -0.39 is 17.5 Å². The van der Waals surface area contributed by atoms with Crippen molar-refractivity contribution in [1.29, 1.82) is 0 Å². The summed E-state index contributed by atoms with van der Waals surface area (Å²) in [7, 11) is 0. The van der Waals surface area contributed by atoms with Gasteiger partial charge in [-0.05, 0) is 37.1 Å². The van der Waals surface area contributed by atoms with E-state index in [4.69, 9.17) is 0 Å². The first kappa shape index (κ1) is 13.7. The van der Waals surface area contributed by atoms with Gasteiger partial charge in [0.1, 0.15) is 11.6 Å². The Bertz CT molecular complexity index is 642. The van der Waals surface area contributed by atoms with E-state index in [1.54, 1.807) is 11.1 Å². The van der Waals surface area contributed by atoms with E-state index in [-0.39, 0.29) is 11.5 Å². The molecule has 0 saturated carbocycles. The lowest BCUT2D eigenvalue weighted by molar-refractivity contribution is 0.0700. The van der Waals surface area contributed by atoms with Gasteiger partial charge in [0, 0.05) is 30.9 Å². The van der Waals surface area contributed by atoms with E-state index in [1.807, 2.05) is 6.07 Å². The zero-order valence-corrected chi connectivity index (χ0v) is 11.4. The normalized spacial score (nSPS) is 18.8. The summed E-state index contributed by atoms with van der Waals surface area (Å²) in [6.07, 6.45) is 3.44. The minimum Gasteiger partial charge on any atom is -0.338 e. The number of rotatable bonds is 2. The number of piperidine rings is 1. The Kier molecular flexibility index (Phi) is 3.68. The first-order valence-corrected chi connectivity index (χ1v) is 6.89. The molecule has 1 aromatic heterocycles. The molecule has 1 aromatic carbocycles. The van der Waals surface area contributed by atoms with Gasteiger partial charge >= 0.3 is 0 Å². The Labute approximate surface area is 120 Å². The molecular formula is C15H15F2N3O. The van der Waals surface area contributed by atoms with Crippen LogP contribution >= 0.6 is 0 Å². The van der Waals surface area contributed by atoms with Crippen molar-refractivity contribution in [1.82, 2.24) is 15.1 Å². The third-order valence-corrected chi connectivity index (χ3v) is 3.83. The number of nitrogens with zero attached hydrogens (tertiary/aromatic N) is 2. The van der Waals surface area contributed by atoms with Crippen LogP contribution in [0.25, 0.3) is 0 Å². The zero-order chi connectivity index (χ0) is 14.8. The number of hydrogen-bond acceptors (Lipinski definition) is 2. The molecule has 0 spiro atoms. The Morgan fingerprint density at radius 3 is 2.95 bits per heavy atom. The summed E-state index contributed by atoms with van der Waals surface area (Å²) in [5, 5.41) is 6.82. The van der Waals surface area contributed by atoms with Crippen molar-refractivity contribution in [3.05, 3.63) is 53.4 Å². The van der Waals surface area contributed by atoms with Crippen LogP contribution in [0, 0.1) is 11.6 Å². The van der Waals surface area contributed by atoms with E-state index in [2.05, 4.69) is 10.2 Å². The van der Waals surface area contributed by atoms with Crippen LogP contribution in [-0.2, 0) is 0 Å². The number of halogens is 2. The maximum absolute atomic E-state index is 13.7. The Hall–Kier alpha value is -2.24. The van der Waals surface area contributed by atoms with E-state index in [1.165, 1.54) is 0 Å². The van der Waals surface area contributed by atoms with Gasteiger partial charge in [0.05, 0.1) is 5.56 Å². The van der Waals surface area contributed by atoms with Crippen molar-refractivity contribution >= 4 is 5.91 Å². The van der Waals surface area contributed by atoms with Gasteiger partial charge in [-0.25, -0.2) is 8.78 Å². The van der Waals surface area contributed by atoms with Crippen LogP contribution in [0.15, 0.2) is 30.5 Å². The summed E-state index contributed by atoms with van der Waals surface area (Å²) in [4.78, 5) is 14.0. The molecule has 2 heterocycles. The number of aromatic nitrogens is 2. The van der Waals surface area contributed by atoms with Crippen LogP contribution in [0.4, 0.5) is 8.78 Å². The largest absolute Gasteiger partial charge is 0.338 e. The number of likely N-dealkylation sites (tertiary alicyclic amines) is 1. The fraction of sp³-hybridized carbons (Fsp3) is 0.333. The summed E-state index contributed by atoms with van der Waals surface area (Å²) in [6.45, 7) is 1.04. The summed E-state index contributed by atoms with van der Waals surface area (Å²) < 4.78 is 26.9. The molecule has 4 nitrogen and oxygen atoms in total. The molecule has 1 amide bonds. The molecule has 1 aliphatic rings. The van der Waals surface area contributed by atoms with E-state index in [9.17, 15) is 13.6 Å². The first-order chi connectivity index (χ1) is 10.1. The van der Waals surface area contributed by atoms with Gasteiger partial charge in [-0.1, -0.05) is 0 Å². The predicted molar refractivity (Wildman–Crippen MR) is 72.8 cm³/mol. The second-order valence-electron chi connectivity index (χ2n) is 5.23. The molecule has 0 bridgehead atoms.